The number of rotatable bonds is 7. The van der Waals surface area contributed by atoms with Crippen LogP contribution in [0.25, 0.3) is 10.9 Å². The molecule has 0 spiro atoms. The number of para-hydroxylation sites is 1. The van der Waals surface area contributed by atoms with Crippen LogP contribution in [-0.2, 0) is 24.4 Å². The first-order chi connectivity index (χ1) is 14.6. The van der Waals surface area contributed by atoms with E-state index in [0.29, 0.717) is 12.5 Å². The molecule has 2 heterocycles. The molecule has 158 valence electrons. The normalized spacial score (nSPS) is 15.0. The van der Waals surface area contributed by atoms with E-state index in [1.54, 1.807) is 0 Å². The Balaban J connectivity index is 1.44. The average Bonchev–Trinajstić information content (AvgIpc) is 3.11. The first kappa shape index (κ1) is 20.6. The summed E-state index contributed by atoms with van der Waals surface area (Å²) >= 11 is 0. The van der Waals surface area contributed by atoms with Crippen LogP contribution in [0.2, 0.25) is 0 Å². The summed E-state index contributed by atoms with van der Waals surface area (Å²) in [7, 11) is 0. The maximum atomic E-state index is 13.0. The number of hydrogen-bond acceptors (Lipinski definition) is 3. The SMILES string of the molecule is CC(C)Cn1cc(C(=O)NCc2cccc(CN3CCOCC3)c2)c2ccccc21. The van der Waals surface area contributed by atoms with Crippen LogP contribution < -0.4 is 5.32 Å². The molecule has 0 bridgehead atoms. The van der Waals surface area contributed by atoms with E-state index < -0.39 is 0 Å². The van der Waals surface area contributed by atoms with Crippen molar-refractivity contribution in [1.82, 2.24) is 14.8 Å². The Kier molecular flexibility index (Phi) is 6.50. The molecular formula is C25H31N3O2. The molecule has 1 fully saturated rings. The maximum absolute atomic E-state index is 13.0. The molecule has 2 aromatic carbocycles. The molecule has 1 aromatic heterocycles. The van der Waals surface area contributed by atoms with Crippen molar-refractivity contribution in [1.29, 1.82) is 0 Å². The second-order valence-corrected chi connectivity index (χ2v) is 8.50. The van der Waals surface area contributed by atoms with E-state index in [-0.39, 0.29) is 5.91 Å². The van der Waals surface area contributed by atoms with Gasteiger partial charge in [0.1, 0.15) is 0 Å². The van der Waals surface area contributed by atoms with E-state index in [4.69, 9.17) is 4.74 Å². The fourth-order valence-electron chi connectivity index (χ4n) is 4.11. The highest BCUT2D eigenvalue weighted by atomic mass is 16.5. The van der Waals surface area contributed by atoms with Crippen LogP contribution in [0, 0.1) is 5.92 Å². The monoisotopic (exact) mass is 405 g/mol. The first-order valence-electron chi connectivity index (χ1n) is 10.8. The van der Waals surface area contributed by atoms with Gasteiger partial charge < -0.3 is 14.6 Å². The van der Waals surface area contributed by atoms with Crippen LogP contribution in [0.5, 0.6) is 0 Å². The molecule has 5 nitrogen and oxygen atoms in total. The largest absolute Gasteiger partial charge is 0.379 e. The summed E-state index contributed by atoms with van der Waals surface area (Å²) in [6, 6.07) is 16.6. The number of morpholine rings is 1. The lowest BCUT2D eigenvalue weighted by molar-refractivity contribution is 0.0342. The highest BCUT2D eigenvalue weighted by Crippen LogP contribution is 2.22. The van der Waals surface area contributed by atoms with E-state index in [9.17, 15) is 4.79 Å². The van der Waals surface area contributed by atoms with Gasteiger partial charge in [-0.15, -0.1) is 0 Å². The van der Waals surface area contributed by atoms with Gasteiger partial charge >= 0.3 is 0 Å². The summed E-state index contributed by atoms with van der Waals surface area (Å²) in [4.78, 5) is 15.4. The third kappa shape index (κ3) is 4.91. The standard InChI is InChI=1S/C25H31N3O2/c1-19(2)16-28-18-23(22-8-3-4-9-24(22)28)25(29)26-15-20-6-5-7-21(14-20)17-27-10-12-30-13-11-27/h3-9,14,18-19H,10-13,15-17H2,1-2H3,(H,26,29). The number of carbonyl (C=O) groups excluding carboxylic acids is 1. The summed E-state index contributed by atoms with van der Waals surface area (Å²) in [5.41, 5.74) is 4.26. The minimum absolute atomic E-state index is 0.0210. The zero-order valence-electron chi connectivity index (χ0n) is 17.9. The third-order valence-electron chi connectivity index (χ3n) is 5.55. The Morgan fingerprint density at radius 3 is 2.63 bits per heavy atom. The second kappa shape index (κ2) is 9.45. The van der Waals surface area contributed by atoms with Crippen molar-refractivity contribution in [2.45, 2.75) is 33.5 Å². The number of benzene rings is 2. The lowest BCUT2D eigenvalue weighted by Crippen LogP contribution is -2.35. The molecule has 1 aliphatic heterocycles. The van der Waals surface area contributed by atoms with Crippen LogP contribution in [0.1, 0.15) is 35.3 Å². The van der Waals surface area contributed by atoms with Crippen LogP contribution in [0.3, 0.4) is 0 Å². The number of fused-ring (bicyclic) bond motifs is 1. The van der Waals surface area contributed by atoms with Gasteiger partial charge in [0.2, 0.25) is 0 Å². The Labute approximate surface area is 178 Å². The third-order valence-corrected chi connectivity index (χ3v) is 5.55. The predicted molar refractivity (Wildman–Crippen MR) is 120 cm³/mol. The minimum Gasteiger partial charge on any atom is -0.379 e. The van der Waals surface area contributed by atoms with Crippen molar-refractivity contribution in [2.24, 2.45) is 5.92 Å². The molecule has 4 rings (SSSR count). The Morgan fingerprint density at radius 2 is 1.83 bits per heavy atom. The Morgan fingerprint density at radius 1 is 1.07 bits per heavy atom. The smallest absolute Gasteiger partial charge is 0.253 e. The van der Waals surface area contributed by atoms with E-state index in [2.05, 4.69) is 59.0 Å². The van der Waals surface area contributed by atoms with Crippen LogP contribution in [-0.4, -0.2) is 41.7 Å². The van der Waals surface area contributed by atoms with Crippen molar-refractivity contribution in [3.63, 3.8) is 0 Å². The highest BCUT2D eigenvalue weighted by molar-refractivity contribution is 6.07. The molecule has 30 heavy (non-hydrogen) atoms. The van der Waals surface area contributed by atoms with Gasteiger partial charge in [-0.05, 0) is 23.1 Å². The van der Waals surface area contributed by atoms with Gasteiger partial charge in [0.25, 0.3) is 5.91 Å². The van der Waals surface area contributed by atoms with Crippen molar-refractivity contribution in [3.8, 4) is 0 Å². The summed E-state index contributed by atoms with van der Waals surface area (Å²) in [5.74, 6) is 0.498. The molecule has 1 aliphatic rings. The highest BCUT2D eigenvalue weighted by Gasteiger charge is 2.15. The number of nitrogens with zero attached hydrogens (tertiary/aromatic N) is 2. The summed E-state index contributed by atoms with van der Waals surface area (Å²) in [6.45, 7) is 10.3. The van der Waals surface area contributed by atoms with Crippen LogP contribution >= 0.6 is 0 Å². The quantitative estimate of drug-likeness (QED) is 0.645. The Hall–Kier alpha value is -2.63. The van der Waals surface area contributed by atoms with Crippen molar-refractivity contribution < 1.29 is 9.53 Å². The van der Waals surface area contributed by atoms with E-state index >= 15 is 0 Å². The topological polar surface area (TPSA) is 46.5 Å². The summed E-state index contributed by atoms with van der Waals surface area (Å²) < 4.78 is 7.62. The van der Waals surface area contributed by atoms with Crippen LogP contribution in [0.4, 0.5) is 0 Å². The van der Waals surface area contributed by atoms with Crippen LogP contribution in [0.15, 0.2) is 54.7 Å². The van der Waals surface area contributed by atoms with E-state index in [0.717, 1.165) is 61.4 Å². The molecule has 0 saturated carbocycles. The van der Waals surface area contributed by atoms with Gasteiger partial charge in [-0.2, -0.15) is 0 Å². The predicted octanol–water partition coefficient (Wildman–Crippen LogP) is 4.06. The molecule has 0 aliphatic carbocycles. The molecule has 1 amide bonds. The molecular weight excluding hydrogens is 374 g/mol. The molecule has 3 aromatic rings. The van der Waals surface area contributed by atoms with E-state index in [1.165, 1.54) is 5.56 Å². The fourth-order valence-corrected chi connectivity index (χ4v) is 4.11. The molecule has 0 unspecified atom stereocenters. The summed E-state index contributed by atoms with van der Waals surface area (Å²) in [6.07, 6.45) is 1.99. The molecule has 5 heteroatoms. The number of carbonyl (C=O) groups is 1. The van der Waals surface area contributed by atoms with Gasteiger partial charge in [0.15, 0.2) is 0 Å². The second-order valence-electron chi connectivity index (χ2n) is 8.50. The molecule has 1 saturated heterocycles. The number of ether oxygens (including phenoxy) is 1. The van der Waals surface area contributed by atoms with E-state index in [1.807, 2.05) is 24.4 Å². The number of nitrogens with one attached hydrogen (secondary N) is 1. The zero-order chi connectivity index (χ0) is 20.9. The summed E-state index contributed by atoms with van der Waals surface area (Å²) in [5, 5.41) is 4.13. The maximum Gasteiger partial charge on any atom is 0.253 e. The van der Waals surface area contributed by atoms with Gasteiger partial charge in [0.05, 0.1) is 18.8 Å². The Bertz CT molecular complexity index is 1000. The molecule has 0 atom stereocenters. The average molecular weight is 406 g/mol. The lowest BCUT2D eigenvalue weighted by atomic mass is 10.1. The number of aromatic nitrogens is 1. The molecule has 1 N–H and O–H groups in total. The number of hydrogen-bond donors (Lipinski definition) is 1. The van der Waals surface area contributed by atoms with Gasteiger partial charge in [-0.25, -0.2) is 0 Å². The first-order valence-corrected chi connectivity index (χ1v) is 10.8. The lowest BCUT2D eigenvalue weighted by Gasteiger charge is -2.26. The van der Waals surface area contributed by atoms with Gasteiger partial charge in [-0.1, -0.05) is 56.3 Å². The zero-order valence-corrected chi connectivity index (χ0v) is 17.9. The molecule has 0 radical (unpaired) electrons. The van der Waals surface area contributed by atoms with Crippen molar-refractivity contribution in [2.75, 3.05) is 26.3 Å². The van der Waals surface area contributed by atoms with Crippen molar-refractivity contribution in [3.05, 3.63) is 71.4 Å². The minimum atomic E-state index is -0.0210. The number of amides is 1. The van der Waals surface area contributed by atoms with Gasteiger partial charge in [0, 0.05) is 49.8 Å². The fraction of sp³-hybridized carbons (Fsp3) is 0.400. The van der Waals surface area contributed by atoms with Gasteiger partial charge in [-0.3, -0.25) is 9.69 Å². The van der Waals surface area contributed by atoms with Crippen molar-refractivity contribution >= 4 is 16.8 Å².